The van der Waals surface area contributed by atoms with Crippen LogP contribution in [0.2, 0.25) is 0 Å². The minimum Gasteiger partial charge on any atom is -0.460 e. The van der Waals surface area contributed by atoms with Gasteiger partial charge in [0, 0.05) is 11.6 Å². The fourth-order valence-electron chi connectivity index (χ4n) is 6.66. The van der Waals surface area contributed by atoms with Crippen molar-refractivity contribution in [2.45, 2.75) is 64.2 Å². The highest BCUT2D eigenvalue weighted by Crippen LogP contribution is 2.61. The minimum absolute atomic E-state index is 0.422. The summed E-state index contributed by atoms with van der Waals surface area (Å²) >= 11 is 0. The second-order valence-corrected chi connectivity index (χ2v) is 9.73. The Morgan fingerprint density at radius 3 is 2.31 bits per heavy atom. The molecule has 0 radical (unpaired) electrons. The molecular weight excluding hydrogens is 375 g/mol. The summed E-state index contributed by atoms with van der Waals surface area (Å²) in [5.41, 5.74) is 0.229. The smallest absolute Gasteiger partial charge is 0.416 e. The number of furan rings is 1. The van der Waals surface area contributed by atoms with Gasteiger partial charge in [0.05, 0.1) is 12.1 Å². The van der Waals surface area contributed by atoms with Crippen LogP contribution in [-0.2, 0) is 12.7 Å². The van der Waals surface area contributed by atoms with Crippen molar-refractivity contribution in [1.29, 1.82) is 0 Å². The Labute approximate surface area is 169 Å². The lowest BCUT2D eigenvalue weighted by molar-refractivity contribution is -0.137. The maximum absolute atomic E-state index is 13.0. The molecule has 0 aliphatic heterocycles. The normalized spacial score (nSPS) is 31.9. The Hall–Kier alpha value is -1.75. The van der Waals surface area contributed by atoms with Crippen molar-refractivity contribution in [3.8, 4) is 11.3 Å². The van der Waals surface area contributed by atoms with Crippen LogP contribution in [0.15, 0.2) is 40.8 Å². The van der Waals surface area contributed by atoms with Crippen LogP contribution in [0.1, 0.15) is 56.8 Å². The van der Waals surface area contributed by atoms with Crippen LogP contribution >= 0.6 is 0 Å². The van der Waals surface area contributed by atoms with E-state index in [9.17, 15) is 13.2 Å². The second kappa shape index (κ2) is 6.90. The van der Waals surface area contributed by atoms with Crippen LogP contribution in [0.3, 0.4) is 0 Å². The van der Waals surface area contributed by atoms with E-state index in [1.807, 2.05) is 6.07 Å². The van der Waals surface area contributed by atoms with E-state index >= 15 is 0 Å². The molecule has 4 saturated carbocycles. The SMILES string of the molecule is CC(NCc1ccc(-c2cccc(C(F)(F)F)c2)o1)C12CC3CC(CC(C3)C1)C2. The number of alkyl halides is 3. The highest BCUT2D eigenvalue weighted by atomic mass is 19.4. The third-order valence-corrected chi connectivity index (χ3v) is 7.72. The summed E-state index contributed by atoms with van der Waals surface area (Å²) in [4.78, 5) is 0. The van der Waals surface area contributed by atoms with E-state index in [0.717, 1.165) is 35.6 Å². The first-order valence-corrected chi connectivity index (χ1v) is 10.8. The first-order chi connectivity index (χ1) is 13.8. The monoisotopic (exact) mass is 403 g/mol. The molecular formula is C24H28F3NO. The van der Waals surface area contributed by atoms with Gasteiger partial charge in [0.15, 0.2) is 0 Å². The van der Waals surface area contributed by atoms with E-state index < -0.39 is 11.7 Å². The predicted octanol–water partition coefficient (Wildman–Crippen LogP) is 6.66. The molecule has 4 fully saturated rings. The molecule has 2 aromatic rings. The average molecular weight is 403 g/mol. The third-order valence-electron chi connectivity index (χ3n) is 7.72. The number of rotatable bonds is 5. The van der Waals surface area contributed by atoms with Gasteiger partial charge >= 0.3 is 6.18 Å². The van der Waals surface area contributed by atoms with Gasteiger partial charge in [-0.25, -0.2) is 0 Å². The summed E-state index contributed by atoms with van der Waals surface area (Å²) in [6.07, 6.45) is 4.00. The Balaban J connectivity index is 1.26. The zero-order valence-electron chi connectivity index (χ0n) is 16.8. The molecule has 0 saturated heterocycles. The summed E-state index contributed by atoms with van der Waals surface area (Å²) in [5, 5.41) is 3.68. The summed E-state index contributed by atoms with van der Waals surface area (Å²) in [7, 11) is 0. The van der Waals surface area contributed by atoms with Crippen LogP contribution in [0.5, 0.6) is 0 Å². The minimum atomic E-state index is -4.35. The lowest BCUT2D eigenvalue weighted by Gasteiger charge is -2.59. The van der Waals surface area contributed by atoms with Gasteiger partial charge in [-0.1, -0.05) is 12.1 Å². The molecule has 5 heteroatoms. The van der Waals surface area contributed by atoms with Crippen molar-refractivity contribution in [2.24, 2.45) is 23.2 Å². The second-order valence-electron chi connectivity index (χ2n) is 9.73. The quantitative estimate of drug-likeness (QED) is 0.604. The summed E-state index contributed by atoms with van der Waals surface area (Å²) in [5.74, 6) is 4.01. The maximum atomic E-state index is 13.0. The van der Waals surface area contributed by atoms with Gasteiger partial charge in [-0.05, 0) is 92.9 Å². The summed E-state index contributed by atoms with van der Waals surface area (Å²) in [6, 6.07) is 9.38. The molecule has 4 aliphatic rings. The largest absolute Gasteiger partial charge is 0.460 e. The molecule has 0 amide bonds. The number of hydrogen-bond acceptors (Lipinski definition) is 2. The molecule has 1 aromatic heterocycles. The molecule has 156 valence electrons. The number of nitrogens with one attached hydrogen (secondary N) is 1. The highest BCUT2D eigenvalue weighted by Gasteiger charge is 2.52. The Morgan fingerprint density at radius 2 is 1.69 bits per heavy atom. The van der Waals surface area contributed by atoms with Gasteiger partial charge < -0.3 is 9.73 Å². The van der Waals surface area contributed by atoms with Crippen LogP contribution in [0.4, 0.5) is 13.2 Å². The van der Waals surface area contributed by atoms with Crippen molar-refractivity contribution in [3.05, 3.63) is 47.7 Å². The van der Waals surface area contributed by atoms with Crippen molar-refractivity contribution in [3.63, 3.8) is 0 Å². The predicted molar refractivity (Wildman–Crippen MR) is 106 cm³/mol. The average Bonchev–Trinajstić information content (AvgIpc) is 3.13. The lowest BCUT2D eigenvalue weighted by atomic mass is 9.48. The van der Waals surface area contributed by atoms with Crippen molar-refractivity contribution < 1.29 is 17.6 Å². The van der Waals surface area contributed by atoms with Gasteiger partial charge in [0.1, 0.15) is 11.5 Å². The van der Waals surface area contributed by atoms with E-state index in [-0.39, 0.29) is 0 Å². The zero-order chi connectivity index (χ0) is 20.2. The number of benzene rings is 1. The van der Waals surface area contributed by atoms with Crippen molar-refractivity contribution >= 4 is 0 Å². The number of halogens is 3. The van der Waals surface area contributed by atoms with E-state index in [2.05, 4.69) is 12.2 Å². The van der Waals surface area contributed by atoms with Crippen molar-refractivity contribution in [2.75, 3.05) is 0 Å². The molecule has 1 unspecified atom stereocenters. The van der Waals surface area contributed by atoms with Crippen LogP contribution in [-0.4, -0.2) is 6.04 Å². The van der Waals surface area contributed by atoms with Crippen LogP contribution in [0, 0.1) is 23.2 Å². The van der Waals surface area contributed by atoms with Crippen LogP contribution < -0.4 is 5.32 Å². The highest BCUT2D eigenvalue weighted by molar-refractivity contribution is 5.58. The fourth-order valence-corrected chi connectivity index (χ4v) is 6.66. The van der Waals surface area contributed by atoms with Gasteiger partial charge in [-0.15, -0.1) is 0 Å². The Bertz CT molecular complexity index is 849. The van der Waals surface area contributed by atoms with E-state index in [1.54, 1.807) is 12.1 Å². The van der Waals surface area contributed by atoms with Gasteiger partial charge in [0.2, 0.25) is 0 Å². The molecule has 29 heavy (non-hydrogen) atoms. The molecule has 2 nitrogen and oxygen atoms in total. The van der Waals surface area contributed by atoms with Gasteiger partial charge in [0.25, 0.3) is 0 Å². The van der Waals surface area contributed by atoms with Crippen molar-refractivity contribution in [1.82, 2.24) is 5.32 Å². The van der Waals surface area contributed by atoms with E-state index in [1.165, 1.54) is 44.6 Å². The molecule has 0 spiro atoms. The summed E-state index contributed by atoms with van der Waals surface area (Å²) < 4.78 is 44.8. The van der Waals surface area contributed by atoms with Gasteiger partial charge in [-0.3, -0.25) is 0 Å². The first-order valence-electron chi connectivity index (χ1n) is 10.8. The molecule has 1 aromatic carbocycles. The fraction of sp³-hybridized carbons (Fsp3) is 0.583. The lowest BCUT2D eigenvalue weighted by Crippen LogP contribution is -2.54. The topological polar surface area (TPSA) is 25.2 Å². The maximum Gasteiger partial charge on any atom is 0.416 e. The molecule has 1 N–H and O–H groups in total. The standard InChI is InChI=1S/C24H28F3NO/c1-15(23-11-16-7-17(12-23)9-18(8-16)13-23)28-14-21-5-6-22(29-21)19-3-2-4-20(10-19)24(25,26)27/h2-6,10,15-18,28H,7-9,11-14H2,1H3. The zero-order valence-corrected chi connectivity index (χ0v) is 16.8. The molecule has 6 rings (SSSR count). The number of hydrogen-bond donors (Lipinski definition) is 1. The first kappa shape index (κ1) is 19.2. The van der Waals surface area contributed by atoms with Crippen LogP contribution in [0.25, 0.3) is 11.3 Å². The third kappa shape index (κ3) is 3.63. The Kier molecular flexibility index (Phi) is 4.57. The summed E-state index contributed by atoms with van der Waals surface area (Å²) in [6.45, 7) is 2.92. The van der Waals surface area contributed by atoms with Gasteiger partial charge in [-0.2, -0.15) is 13.2 Å². The molecule has 1 atom stereocenters. The molecule has 4 aliphatic carbocycles. The molecule has 4 bridgehead atoms. The van der Waals surface area contributed by atoms with E-state index in [0.29, 0.717) is 29.3 Å². The Morgan fingerprint density at radius 1 is 1.03 bits per heavy atom. The van der Waals surface area contributed by atoms with E-state index in [4.69, 9.17) is 4.42 Å². The molecule has 1 heterocycles.